The normalized spacial score (nSPS) is 14.3. The molecule has 98 valence electrons. The maximum Gasteiger partial charge on any atom is 0.0662 e. The van der Waals surface area contributed by atoms with Crippen LogP contribution in [0.2, 0.25) is 0 Å². The van der Waals surface area contributed by atoms with Gasteiger partial charge in [-0.15, -0.1) is 0 Å². The van der Waals surface area contributed by atoms with Gasteiger partial charge in [0.1, 0.15) is 0 Å². The van der Waals surface area contributed by atoms with E-state index in [1.165, 1.54) is 27.4 Å². The Kier molecular flexibility index (Phi) is 2.49. The van der Waals surface area contributed by atoms with Crippen molar-refractivity contribution in [2.24, 2.45) is 4.99 Å². The first-order valence-electron chi connectivity index (χ1n) is 7.12. The molecule has 2 nitrogen and oxygen atoms in total. The molecule has 0 unspecified atom stereocenters. The first kappa shape index (κ1) is 11.5. The molecule has 4 rings (SSSR count). The molecule has 0 spiro atoms. The fourth-order valence-electron chi connectivity index (χ4n) is 3.11. The summed E-state index contributed by atoms with van der Waals surface area (Å²) in [6.07, 6.45) is 5.10. The zero-order chi connectivity index (χ0) is 13.5. The highest BCUT2D eigenvalue weighted by atomic mass is 15.0. The van der Waals surface area contributed by atoms with Crippen molar-refractivity contribution in [3.05, 3.63) is 54.1 Å². The number of benzene rings is 2. The minimum Gasteiger partial charge on any atom is -0.341 e. The standard InChI is InChI=1S/C18H16N2/c1-2-20-17-8-4-3-6-14(17)15-12-13(9-10-18(15)20)16-7-5-11-19-16/h3-4,6-12H,2,5H2,1H3. The van der Waals surface area contributed by atoms with Gasteiger partial charge in [0.15, 0.2) is 0 Å². The van der Waals surface area contributed by atoms with E-state index in [1.54, 1.807) is 0 Å². The molecule has 0 fully saturated rings. The lowest BCUT2D eigenvalue weighted by Crippen LogP contribution is -1.92. The Bertz CT molecular complexity index is 866. The number of hydrogen-bond acceptors (Lipinski definition) is 1. The molecule has 0 N–H and O–H groups in total. The summed E-state index contributed by atoms with van der Waals surface area (Å²) in [6, 6.07) is 15.3. The van der Waals surface area contributed by atoms with E-state index in [0.717, 1.165) is 18.7 Å². The van der Waals surface area contributed by atoms with Crippen molar-refractivity contribution in [3.8, 4) is 0 Å². The molecule has 0 saturated carbocycles. The van der Waals surface area contributed by atoms with Crippen molar-refractivity contribution in [2.75, 3.05) is 0 Å². The van der Waals surface area contributed by atoms with Gasteiger partial charge in [-0.1, -0.05) is 30.3 Å². The van der Waals surface area contributed by atoms with Crippen molar-refractivity contribution < 1.29 is 0 Å². The van der Waals surface area contributed by atoms with Crippen molar-refractivity contribution >= 4 is 33.7 Å². The van der Waals surface area contributed by atoms with E-state index in [0.29, 0.717) is 0 Å². The van der Waals surface area contributed by atoms with Gasteiger partial charge in [-0.2, -0.15) is 0 Å². The van der Waals surface area contributed by atoms with Crippen LogP contribution in [0.25, 0.3) is 27.5 Å². The van der Waals surface area contributed by atoms with Gasteiger partial charge in [-0.05, 0) is 25.1 Å². The molecule has 0 aliphatic carbocycles. The Hall–Kier alpha value is -2.35. The largest absolute Gasteiger partial charge is 0.341 e. The van der Waals surface area contributed by atoms with Crippen LogP contribution in [0, 0.1) is 0 Å². The summed E-state index contributed by atoms with van der Waals surface area (Å²) in [4.78, 5) is 4.45. The zero-order valence-corrected chi connectivity index (χ0v) is 11.5. The fourth-order valence-corrected chi connectivity index (χ4v) is 3.11. The molecule has 0 radical (unpaired) electrons. The smallest absolute Gasteiger partial charge is 0.0662 e. The lowest BCUT2D eigenvalue weighted by molar-refractivity contribution is 0.827. The highest BCUT2D eigenvalue weighted by Crippen LogP contribution is 2.32. The quantitative estimate of drug-likeness (QED) is 0.639. The zero-order valence-electron chi connectivity index (χ0n) is 11.5. The topological polar surface area (TPSA) is 17.3 Å². The molecule has 3 aromatic rings. The van der Waals surface area contributed by atoms with Gasteiger partial charge in [0, 0.05) is 46.5 Å². The molecule has 2 heteroatoms. The lowest BCUT2D eigenvalue weighted by Gasteiger charge is -2.04. The van der Waals surface area contributed by atoms with Crippen molar-refractivity contribution in [1.82, 2.24) is 4.57 Å². The van der Waals surface area contributed by atoms with Gasteiger partial charge in [-0.25, -0.2) is 0 Å². The number of allylic oxidation sites excluding steroid dienone is 1. The molecular formula is C18H16N2. The monoisotopic (exact) mass is 260 g/mol. The third-order valence-corrected chi connectivity index (χ3v) is 4.03. The number of aromatic nitrogens is 1. The van der Waals surface area contributed by atoms with Crippen LogP contribution in [-0.2, 0) is 6.54 Å². The Labute approximate surface area is 118 Å². The highest BCUT2D eigenvalue weighted by molar-refractivity contribution is 6.09. The highest BCUT2D eigenvalue weighted by Gasteiger charge is 2.11. The second-order valence-electron chi connectivity index (χ2n) is 5.13. The Morgan fingerprint density at radius 3 is 2.70 bits per heavy atom. The predicted molar refractivity (Wildman–Crippen MR) is 86.2 cm³/mol. The van der Waals surface area contributed by atoms with Crippen LogP contribution in [-0.4, -0.2) is 10.8 Å². The number of hydrogen-bond donors (Lipinski definition) is 0. The average molecular weight is 260 g/mol. The Balaban J connectivity index is 2.07. The van der Waals surface area contributed by atoms with Gasteiger partial charge in [0.25, 0.3) is 0 Å². The molecule has 0 amide bonds. The first-order chi connectivity index (χ1) is 9.88. The van der Waals surface area contributed by atoms with Gasteiger partial charge < -0.3 is 4.57 Å². The SMILES string of the molecule is CCn1c2ccccc2c2cc(C3=CCC=N3)ccc21. The van der Waals surface area contributed by atoms with Crippen LogP contribution in [0.4, 0.5) is 0 Å². The molecule has 1 aliphatic rings. The Morgan fingerprint density at radius 1 is 1.05 bits per heavy atom. The number of aliphatic imine (C=N–C) groups is 1. The predicted octanol–water partition coefficient (Wildman–Crippen LogP) is 4.63. The number of aryl methyl sites for hydroxylation is 1. The maximum atomic E-state index is 4.45. The third-order valence-electron chi connectivity index (χ3n) is 4.03. The van der Waals surface area contributed by atoms with E-state index >= 15 is 0 Å². The van der Waals surface area contributed by atoms with Crippen LogP contribution in [0.15, 0.2) is 53.5 Å². The van der Waals surface area contributed by atoms with Crippen molar-refractivity contribution in [1.29, 1.82) is 0 Å². The summed E-state index contributed by atoms with van der Waals surface area (Å²) in [6.45, 7) is 3.19. The van der Waals surface area contributed by atoms with Crippen LogP contribution < -0.4 is 0 Å². The summed E-state index contributed by atoms with van der Waals surface area (Å²) in [5, 5.41) is 2.65. The van der Waals surface area contributed by atoms with E-state index in [1.807, 2.05) is 6.21 Å². The molecule has 0 atom stereocenters. The number of fused-ring (bicyclic) bond motifs is 3. The third kappa shape index (κ3) is 1.54. The van der Waals surface area contributed by atoms with E-state index in [-0.39, 0.29) is 0 Å². The number of nitrogens with zero attached hydrogens (tertiary/aromatic N) is 2. The average Bonchev–Trinajstić information content (AvgIpc) is 3.12. The molecule has 1 aromatic heterocycles. The lowest BCUT2D eigenvalue weighted by atomic mass is 10.1. The van der Waals surface area contributed by atoms with Crippen molar-refractivity contribution in [2.45, 2.75) is 19.9 Å². The molecule has 1 aliphatic heterocycles. The van der Waals surface area contributed by atoms with Crippen LogP contribution >= 0.6 is 0 Å². The van der Waals surface area contributed by atoms with Gasteiger partial charge in [0.2, 0.25) is 0 Å². The van der Waals surface area contributed by atoms with Crippen LogP contribution in [0.3, 0.4) is 0 Å². The fraction of sp³-hybridized carbons (Fsp3) is 0.167. The molecule has 0 saturated heterocycles. The van der Waals surface area contributed by atoms with E-state index in [2.05, 4.69) is 65.0 Å². The molecule has 20 heavy (non-hydrogen) atoms. The summed E-state index contributed by atoms with van der Waals surface area (Å²) < 4.78 is 2.38. The maximum absolute atomic E-state index is 4.45. The van der Waals surface area contributed by atoms with E-state index in [4.69, 9.17) is 0 Å². The summed E-state index contributed by atoms with van der Waals surface area (Å²) in [7, 11) is 0. The minimum atomic E-state index is 0.949. The van der Waals surface area contributed by atoms with Gasteiger partial charge >= 0.3 is 0 Å². The Morgan fingerprint density at radius 2 is 1.90 bits per heavy atom. The molecule has 2 heterocycles. The summed E-state index contributed by atoms with van der Waals surface area (Å²) in [5.74, 6) is 0. The van der Waals surface area contributed by atoms with Crippen molar-refractivity contribution in [3.63, 3.8) is 0 Å². The van der Waals surface area contributed by atoms with Crippen LogP contribution in [0.1, 0.15) is 18.9 Å². The minimum absolute atomic E-state index is 0.949. The molecular weight excluding hydrogens is 244 g/mol. The van der Waals surface area contributed by atoms with Gasteiger partial charge in [0.05, 0.1) is 5.70 Å². The number of rotatable bonds is 2. The molecule has 0 bridgehead atoms. The second-order valence-corrected chi connectivity index (χ2v) is 5.13. The summed E-state index contributed by atoms with van der Waals surface area (Å²) in [5.41, 5.74) is 4.93. The van der Waals surface area contributed by atoms with E-state index < -0.39 is 0 Å². The van der Waals surface area contributed by atoms with E-state index in [9.17, 15) is 0 Å². The summed E-state index contributed by atoms with van der Waals surface area (Å²) >= 11 is 0. The number of para-hydroxylation sites is 1. The molecule has 2 aromatic carbocycles. The second kappa shape index (κ2) is 4.34. The first-order valence-corrected chi connectivity index (χ1v) is 7.12. The van der Waals surface area contributed by atoms with Crippen LogP contribution in [0.5, 0.6) is 0 Å². The van der Waals surface area contributed by atoms with Gasteiger partial charge in [-0.3, -0.25) is 4.99 Å².